The number of fused-ring (bicyclic) bond motifs is 1. The summed E-state index contributed by atoms with van der Waals surface area (Å²) in [5.41, 5.74) is 2.72. The summed E-state index contributed by atoms with van der Waals surface area (Å²) < 4.78 is -1.35. The molecule has 244 valence electrons. The molecule has 2 unspecified atom stereocenters. The van der Waals surface area contributed by atoms with Gasteiger partial charge in [0.05, 0.1) is 29.2 Å². The number of likely N-dealkylation sites (tertiary alicyclic amines) is 1. The van der Waals surface area contributed by atoms with Crippen molar-refractivity contribution in [3.05, 3.63) is 133 Å². The van der Waals surface area contributed by atoms with E-state index in [1.54, 1.807) is 38.6 Å². The molecule has 6 rings (SSSR count). The average molecular weight is 650 g/mol. The highest BCUT2D eigenvalue weighted by Gasteiger charge is 2.78. The van der Waals surface area contributed by atoms with Crippen molar-refractivity contribution in [1.82, 2.24) is 14.7 Å². The van der Waals surface area contributed by atoms with Crippen molar-refractivity contribution in [3.8, 4) is 0 Å². The number of rotatable bonds is 13. The van der Waals surface area contributed by atoms with E-state index in [1.807, 2.05) is 91.0 Å². The topological polar surface area (TPSA) is 81.2 Å². The number of aliphatic hydroxyl groups is 1. The number of benzene rings is 3. The van der Waals surface area contributed by atoms with Crippen LogP contribution in [-0.2, 0) is 27.5 Å². The molecule has 0 saturated carbocycles. The van der Waals surface area contributed by atoms with E-state index in [2.05, 4.69) is 20.1 Å². The minimum absolute atomic E-state index is 0.0933. The van der Waals surface area contributed by atoms with Crippen LogP contribution in [0.2, 0.25) is 0 Å². The van der Waals surface area contributed by atoms with Gasteiger partial charge in [-0.05, 0) is 36.5 Å². The number of hydrogen-bond donors (Lipinski definition) is 1. The Bertz CT molecular complexity index is 1620. The summed E-state index contributed by atoms with van der Waals surface area (Å²) in [6.45, 7) is 11.0. The molecule has 3 aliphatic rings. The van der Waals surface area contributed by atoms with Crippen LogP contribution in [0.1, 0.15) is 42.5 Å². The number of nitrogens with zero attached hydrogens (tertiary/aromatic N) is 3. The molecule has 3 aliphatic heterocycles. The van der Waals surface area contributed by atoms with Gasteiger partial charge in [-0.25, -0.2) is 0 Å². The van der Waals surface area contributed by atoms with Gasteiger partial charge in [-0.3, -0.25) is 14.4 Å². The lowest BCUT2D eigenvalue weighted by Gasteiger charge is -2.40. The van der Waals surface area contributed by atoms with E-state index in [0.717, 1.165) is 16.7 Å². The van der Waals surface area contributed by atoms with Crippen LogP contribution in [0.3, 0.4) is 0 Å². The fourth-order valence-electron chi connectivity index (χ4n) is 8.14. The summed E-state index contributed by atoms with van der Waals surface area (Å²) in [6.07, 6.45) is 4.77. The second-order valence-electron chi connectivity index (χ2n) is 13.1. The third kappa shape index (κ3) is 5.82. The van der Waals surface area contributed by atoms with Crippen LogP contribution < -0.4 is 0 Å². The Hall–Kier alpha value is -4.14. The number of hydrogen-bond acceptors (Lipinski definition) is 5. The van der Waals surface area contributed by atoms with Gasteiger partial charge in [0.2, 0.25) is 17.7 Å². The Labute approximate surface area is 281 Å². The molecule has 3 saturated heterocycles. The number of carbonyl (C=O) groups is 3. The molecule has 0 aliphatic carbocycles. The number of aliphatic hydroxyl groups excluding tert-OH is 1. The summed E-state index contributed by atoms with van der Waals surface area (Å²) >= 11 is 1.65. The van der Waals surface area contributed by atoms with E-state index in [9.17, 15) is 9.90 Å². The van der Waals surface area contributed by atoms with E-state index in [0.29, 0.717) is 39.0 Å². The highest BCUT2D eigenvalue weighted by molar-refractivity contribution is 8.02. The van der Waals surface area contributed by atoms with E-state index in [4.69, 9.17) is 0 Å². The van der Waals surface area contributed by atoms with Gasteiger partial charge in [0.25, 0.3) is 0 Å². The Morgan fingerprint density at radius 2 is 1.38 bits per heavy atom. The van der Waals surface area contributed by atoms with Gasteiger partial charge in [0, 0.05) is 30.9 Å². The standard InChI is InChI=1S/C39H43N3O4S/c1-4-23-40(25-28-15-9-6-10-16-28)35(44)32-33-36(45)42(31(27-43)30-19-13-8-14-20-30)34(39(33)22-21-38(32,3)47-39)37(46)41(24-5-2)26-29-17-11-7-12-18-29/h4-20,31-34,43H,1-2,21-27H2,3H3/t31-,32-,33+,34?,38+,39?/m1/s1. The highest BCUT2D eigenvalue weighted by atomic mass is 32.2. The predicted molar refractivity (Wildman–Crippen MR) is 186 cm³/mol. The number of amides is 3. The lowest BCUT2D eigenvalue weighted by atomic mass is 9.66. The maximum Gasteiger partial charge on any atom is 0.247 e. The lowest BCUT2D eigenvalue weighted by molar-refractivity contribution is -0.148. The zero-order chi connectivity index (χ0) is 33.2. The molecule has 7 nitrogen and oxygen atoms in total. The third-order valence-corrected chi connectivity index (χ3v) is 12.1. The first-order valence-corrected chi connectivity index (χ1v) is 17.1. The molecule has 3 fully saturated rings. The zero-order valence-electron chi connectivity index (χ0n) is 26.9. The van der Waals surface area contributed by atoms with Crippen LogP contribution in [0.25, 0.3) is 0 Å². The predicted octanol–water partition coefficient (Wildman–Crippen LogP) is 5.63. The van der Waals surface area contributed by atoms with Gasteiger partial charge in [-0.1, -0.05) is 103 Å². The molecule has 3 aromatic carbocycles. The second-order valence-corrected chi connectivity index (χ2v) is 15.0. The zero-order valence-corrected chi connectivity index (χ0v) is 27.7. The van der Waals surface area contributed by atoms with Crippen LogP contribution in [0.4, 0.5) is 0 Å². The largest absolute Gasteiger partial charge is 0.394 e. The Kier molecular flexibility index (Phi) is 9.44. The van der Waals surface area contributed by atoms with E-state index in [-0.39, 0.29) is 24.3 Å². The van der Waals surface area contributed by atoms with Crippen molar-refractivity contribution in [2.75, 3.05) is 19.7 Å². The minimum Gasteiger partial charge on any atom is -0.394 e. The normalized spacial score (nSPS) is 26.5. The third-order valence-electron chi connectivity index (χ3n) is 10.2. The molecular formula is C39H43N3O4S. The first-order valence-electron chi connectivity index (χ1n) is 16.3. The van der Waals surface area contributed by atoms with E-state index < -0.39 is 33.4 Å². The molecule has 3 aromatic rings. The van der Waals surface area contributed by atoms with Crippen LogP contribution in [0.15, 0.2) is 116 Å². The quantitative estimate of drug-likeness (QED) is 0.243. The number of thioether (sulfide) groups is 1. The van der Waals surface area contributed by atoms with Gasteiger partial charge in [-0.2, -0.15) is 0 Å². The van der Waals surface area contributed by atoms with Gasteiger partial charge in [0.1, 0.15) is 6.04 Å². The van der Waals surface area contributed by atoms with Crippen LogP contribution >= 0.6 is 11.8 Å². The molecule has 47 heavy (non-hydrogen) atoms. The molecule has 8 heteroatoms. The molecule has 3 heterocycles. The van der Waals surface area contributed by atoms with Gasteiger partial charge >= 0.3 is 0 Å². The summed E-state index contributed by atoms with van der Waals surface area (Å²) in [4.78, 5) is 49.9. The van der Waals surface area contributed by atoms with E-state index in [1.165, 1.54) is 0 Å². The molecule has 1 spiro atoms. The first kappa shape index (κ1) is 32.8. The number of carbonyl (C=O) groups excluding carboxylic acids is 3. The molecule has 6 atom stereocenters. The van der Waals surface area contributed by atoms with Gasteiger partial charge in [-0.15, -0.1) is 24.9 Å². The Morgan fingerprint density at radius 1 is 0.872 bits per heavy atom. The van der Waals surface area contributed by atoms with Crippen molar-refractivity contribution in [3.63, 3.8) is 0 Å². The SMILES string of the molecule is C=CCN(Cc1ccccc1)C(=O)C1N([C@H](CO)c2ccccc2)C(=O)[C@@H]2[C@H](C(=O)N(CC=C)Cc3ccccc3)[C@]3(C)CCC12S3. The van der Waals surface area contributed by atoms with Crippen molar-refractivity contribution < 1.29 is 19.5 Å². The summed E-state index contributed by atoms with van der Waals surface area (Å²) in [7, 11) is 0. The summed E-state index contributed by atoms with van der Waals surface area (Å²) in [5.74, 6) is -1.86. The molecule has 2 bridgehead atoms. The molecule has 1 N–H and O–H groups in total. The molecule has 3 amide bonds. The van der Waals surface area contributed by atoms with Gasteiger partial charge < -0.3 is 19.8 Å². The van der Waals surface area contributed by atoms with Crippen molar-refractivity contribution in [2.45, 2.75) is 54.4 Å². The van der Waals surface area contributed by atoms with Gasteiger partial charge in [0.15, 0.2) is 0 Å². The van der Waals surface area contributed by atoms with Crippen LogP contribution in [0, 0.1) is 11.8 Å². The molecule has 0 aromatic heterocycles. The monoisotopic (exact) mass is 649 g/mol. The lowest BCUT2D eigenvalue weighted by Crippen LogP contribution is -2.55. The summed E-state index contributed by atoms with van der Waals surface area (Å²) in [5, 5.41) is 10.9. The molecular weight excluding hydrogens is 607 g/mol. The summed E-state index contributed by atoms with van der Waals surface area (Å²) in [6, 6.07) is 27.4. The van der Waals surface area contributed by atoms with Crippen LogP contribution in [-0.4, -0.2) is 72.8 Å². The van der Waals surface area contributed by atoms with Crippen molar-refractivity contribution in [2.24, 2.45) is 11.8 Å². The van der Waals surface area contributed by atoms with Crippen LogP contribution in [0.5, 0.6) is 0 Å². The second kappa shape index (κ2) is 13.5. The Balaban J connectivity index is 1.44. The highest BCUT2D eigenvalue weighted by Crippen LogP contribution is 2.72. The smallest absolute Gasteiger partial charge is 0.247 e. The maximum absolute atomic E-state index is 15.0. The maximum atomic E-state index is 15.0. The average Bonchev–Trinajstić information content (AvgIpc) is 3.66. The van der Waals surface area contributed by atoms with E-state index >= 15 is 9.59 Å². The fraction of sp³-hybridized carbons (Fsp3) is 0.359. The molecule has 0 radical (unpaired) electrons. The van der Waals surface area contributed by atoms with Crippen molar-refractivity contribution >= 4 is 29.5 Å². The minimum atomic E-state index is -0.868. The Morgan fingerprint density at radius 3 is 1.89 bits per heavy atom. The van der Waals surface area contributed by atoms with Crippen molar-refractivity contribution in [1.29, 1.82) is 0 Å². The fourth-order valence-corrected chi connectivity index (χ4v) is 10.5. The first-order chi connectivity index (χ1) is 22.8.